The number of nitrogen functional groups attached to an aromatic ring is 1. The molecule has 2 rings (SSSR count). The number of nitrogens with two attached hydrogens (primary N) is 1. The second-order valence-corrected chi connectivity index (χ2v) is 6.48. The molecule has 1 fully saturated rings. The zero-order chi connectivity index (χ0) is 13.3. The predicted molar refractivity (Wildman–Crippen MR) is 74.3 cm³/mol. The Morgan fingerprint density at radius 1 is 1.50 bits per heavy atom. The van der Waals surface area contributed by atoms with Crippen LogP contribution >= 0.6 is 11.8 Å². The van der Waals surface area contributed by atoms with Crippen molar-refractivity contribution in [2.45, 2.75) is 24.3 Å². The maximum Gasteiger partial charge on any atom is 0.338 e. The van der Waals surface area contributed by atoms with Crippen LogP contribution in [-0.4, -0.2) is 39.6 Å². The van der Waals surface area contributed by atoms with Crippen molar-refractivity contribution >= 4 is 29.2 Å². The van der Waals surface area contributed by atoms with E-state index in [0.717, 1.165) is 13.1 Å². The first-order chi connectivity index (χ1) is 8.47. The number of nitrogens with zero attached hydrogens (tertiary/aromatic N) is 2. The Kier molecular flexibility index (Phi) is 3.65. The molecule has 1 saturated heterocycles. The fourth-order valence-corrected chi connectivity index (χ4v) is 3.59. The van der Waals surface area contributed by atoms with Crippen molar-refractivity contribution in [3.05, 3.63) is 17.8 Å². The van der Waals surface area contributed by atoms with Gasteiger partial charge in [0.2, 0.25) is 0 Å². The number of carbonyl (C=O) groups is 1. The van der Waals surface area contributed by atoms with Gasteiger partial charge in [0.05, 0.1) is 17.4 Å². The normalized spacial score (nSPS) is 24.0. The zero-order valence-electron chi connectivity index (χ0n) is 10.5. The lowest BCUT2D eigenvalue weighted by Gasteiger charge is -2.36. The van der Waals surface area contributed by atoms with Gasteiger partial charge in [-0.25, -0.2) is 9.78 Å². The second-order valence-electron chi connectivity index (χ2n) is 4.59. The van der Waals surface area contributed by atoms with E-state index >= 15 is 0 Å². The number of aromatic nitrogens is 1. The number of aromatic carboxylic acids is 1. The minimum absolute atomic E-state index is 0.230. The van der Waals surface area contributed by atoms with Crippen LogP contribution in [0.4, 0.5) is 11.5 Å². The molecule has 3 N–H and O–H groups in total. The lowest BCUT2D eigenvalue weighted by molar-refractivity contribution is 0.0697. The molecule has 2 heterocycles. The van der Waals surface area contributed by atoms with Crippen LogP contribution in [-0.2, 0) is 0 Å². The third-order valence-electron chi connectivity index (χ3n) is 2.89. The number of carboxylic acids is 1. The Hall–Kier alpha value is -1.43. The molecule has 1 aromatic heterocycles. The van der Waals surface area contributed by atoms with Gasteiger partial charge in [-0.15, -0.1) is 0 Å². The first kappa shape index (κ1) is 13.0. The molecule has 0 saturated carbocycles. The van der Waals surface area contributed by atoms with Crippen LogP contribution in [0.15, 0.2) is 12.3 Å². The van der Waals surface area contributed by atoms with Crippen LogP contribution in [0.1, 0.15) is 24.2 Å². The van der Waals surface area contributed by atoms with Gasteiger partial charge in [-0.1, -0.05) is 13.8 Å². The Labute approximate surface area is 110 Å². The van der Waals surface area contributed by atoms with Crippen molar-refractivity contribution in [1.82, 2.24) is 4.98 Å². The van der Waals surface area contributed by atoms with Gasteiger partial charge in [-0.2, -0.15) is 11.8 Å². The average Bonchev–Trinajstić information content (AvgIpc) is 2.27. The number of thioether (sulfide) groups is 1. The highest BCUT2D eigenvalue weighted by molar-refractivity contribution is 8.00. The highest BCUT2D eigenvalue weighted by Gasteiger charge is 2.25. The van der Waals surface area contributed by atoms with Crippen molar-refractivity contribution in [3.8, 4) is 0 Å². The van der Waals surface area contributed by atoms with Crippen LogP contribution < -0.4 is 10.6 Å². The number of rotatable bonds is 2. The molecule has 0 aromatic carbocycles. The molecule has 2 atom stereocenters. The van der Waals surface area contributed by atoms with E-state index in [0.29, 0.717) is 16.2 Å². The highest BCUT2D eigenvalue weighted by Crippen LogP contribution is 2.30. The van der Waals surface area contributed by atoms with Crippen LogP contribution in [0.25, 0.3) is 0 Å². The maximum absolute atomic E-state index is 11.3. The molecule has 18 heavy (non-hydrogen) atoms. The molecule has 1 aliphatic rings. The van der Waals surface area contributed by atoms with Crippen molar-refractivity contribution in [2.24, 2.45) is 0 Å². The topological polar surface area (TPSA) is 79.5 Å². The summed E-state index contributed by atoms with van der Waals surface area (Å²) < 4.78 is 0. The molecule has 0 aliphatic carbocycles. The number of carboxylic acid groups (broad SMARTS) is 1. The van der Waals surface area contributed by atoms with Crippen molar-refractivity contribution in [3.63, 3.8) is 0 Å². The molecule has 2 unspecified atom stereocenters. The Morgan fingerprint density at radius 2 is 2.11 bits per heavy atom. The molecule has 0 amide bonds. The van der Waals surface area contributed by atoms with E-state index in [1.54, 1.807) is 6.20 Å². The summed E-state index contributed by atoms with van der Waals surface area (Å²) in [6.07, 6.45) is 1.56. The van der Waals surface area contributed by atoms with E-state index in [-0.39, 0.29) is 11.4 Å². The van der Waals surface area contributed by atoms with Gasteiger partial charge in [-0.3, -0.25) is 0 Å². The van der Waals surface area contributed by atoms with E-state index in [4.69, 9.17) is 5.73 Å². The zero-order valence-corrected chi connectivity index (χ0v) is 11.3. The molecule has 98 valence electrons. The van der Waals surface area contributed by atoms with E-state index in [9.17, 15) is 9.90 Å². The number of pyridine rings is 1. The summed E-state index contributed by atoms with van der Waals surface area (Å²) in [4.78, 5) is 17.4. The molecule has 1 aliphatic heterocycles. The van der Waals surface area contributed by atoms with Gasteiger partial charge in [0.15, 0.2) is 0 Å². The molecule has 0 bridgehead atoms. The summed E-state index contributed by atoms with van der Waals surface area (Å²) in [5.41, 5.74) is 6.45. The fourth-order valence-electron chi connectivity index (χ4n) is 2.26. The van der Waals surface area contributed by atoms with Crippen molar-refractivity contribution in [1.29, 1.82) is 0 Å². The highest BCUT2D eigenvalue weighted by atomic mass is 32.2. The monoisotopic (exact) mass is 267 g/mol. The van der Waals surface area contributed by atoms with Gasteiger partial charge in [0.25, 0.3) is 0 Å². The second kappa shape index (κ2) is 5.06. The third-order valence-corrected chi connectivity index (χ3v) is 4.12. The summed E-state index contributed by atoms with van der Waals surface area (Å²) in [6, 6.07) is 1.43. The molecule has 5 nitrogen and oxygen atoms in total. The summed E-state index contributed by atoms with van der Waals surface area (Å²) in [5, 5.41) is 10.2. The van der Waals surface area contributed by atoms with E-state index < -0.39 is 5.97 Å². The molecular weight excluding hydrogens is 250 g/mol. The van der Waals surface area contributed by atoms with E-state index in [2.05, 4.69) is 23.7 Å². The lowest BCUT2D eigenvalue weighted by atomic mass is 10.2. The third kappa shape index (κ3) is 2.69. The number of hydrogen-bond acceptors (Lipinski definition) is 5. The predicted octanol–water partition coefficient (Wildman–Crippen LogP) is 1.69. The smallest absolute Gasteiger partial charge is 0.338 e. The van der Waals surface area contributed by atoms with Gasteiger partial charge in [0.1, 0.15) is 5.82 Å². The lowest BCUT2D eigenvalue weighted by Crippen LogP contribution is -2.41. The van der Waals surface area contributed by atoms with Crippen LogP contribution in [0, 0.1) is 0 Å². The molecule has 0 radical (unpaired) electrons. The standard InChI is InChI=1S/C12H17N3O2S/c1-7-5-15(6-8(2)18-7)10-4-14-11(13)3-9(10)12(16)17/h3-4,7-8H,5-6H2,1-2H3,(H2,13,14)(H,16,17). The van der Waals surface area contributed by atoms with Crippen molar-refractivity contribution < 1.29 is 9.90 Å². The summed E-state index contributed by atoms with van der Waals surface area (Å²) >= 11 is 1.92. The maximum atomic E-state index is 11.3. The van der Waals surface area contributed by atoms with Gasteiger partial charge in [0, 0.05) is 23.6 Å². The van der Waals surface area contributed by atoms with Gasteiger partial charge in [-0.05, 0) is 6.07 Å². The van der Waals surface area contributed by atoms with E-state index in [1.807, 2.05) is 11.8 Å². The Morgan fingerprint density at radius 3 is 2.67 bits per heavy atom. The van der Waals surface area contributed by atoms with Gasteiger partial charge < -0.3 is 15.7 Å². The van der Waals surface area contributed by atoms with Crippen LogP contribution in [0.3, 0.4) is 0 Å². The fraction of sp³-hybridized carbons (Fsp3) is 0.500. The SMILES string of the molecule is CC1CN(c2cnc(N)cc2C(=O)O)CC(C)S1. The minimum atomic E-state index is -0.961. The molecule has 0 spiro atoms. The Balaban J connectivity index is 2.35. The van der Waals surface area contributed by atoms with Crippen LogP contribution in [0.5, 0.6) is 0 Å². The summed E-state index contributed by atoms with van der Waals surface area (Å²) in [6.45, 7) is 5.97. The largest absolute Gasteiger partial charge is 0.478 e. The van der Waals surface area contributed by atoms with E-state index in [1.165, 1.54) is 6.07 Å². The average molecular weight is 267 g/mol. The quantitative estimate of drug-likeness (QED) is 0.849. The first-order valence-electron chi connectivity index (χ1n) is 5.86. The van der Waals surface area contributed by atoms with Crippen molar-refractivity contribution in [2.75, 3.05) is 23.7 Å². The molecule has 6 heteroatoms. The molecule has 1 aromatic rings. The molecular formula is C12H17N3O2S. The van der Waals surface area contributed by atoms with Gasteiger partial charge >= 0.3 is 5.97 Å². The summed E-state index contributed by atoms with van der Waals surface area (Å²) in [7, 11) is 0. The first-order valence-corrected chi connectivity index (χ1v) is 6.81. The Bertz CT molecular complexity index is 457. The number of hydrogen-bond donors (Lipinski definition) is 2. The van der Waals surface area contributed by atoms with Crippen LogP contribution in [0.2, 0.25) is 0 Å². The minimum Gasteiger partial charge on any atom is -0.478 e. The number of anilines is 2. The summed E-state index contributed by atoms with van der Waals surface area (Å²) in [5.74, 6) is -0.721.